The van der Waals surface area contributed by atoms with Crippen LogP contribution in [0.2, 0.25) is 0 Å². The van der Waals surface area contributed by atoms with E-state index in [-0.39, 0.29) is 42.3 Å². The standard InChI is InChI=1S/C35H37F2N7O2/c1-21(36)33(45)44-13-12-43(18-23(44)16-38-2)32-28-17-39-30(25-7-5-6-24-26-14-22(26)15-27(24)25)29(37)31(28)40-34(41-32)46-20-35(8-9-35)19-42-10-3-4-11-42/h5-7,17,22-23,26H,1,3-4,8-16,18-20H2/t22-,23+,26-/m1/s1. The molecule has 1 amide bonds. The van der Waals surface area contributed by atoms with Crippen LogP contribution in [0.15, 0.2) is 36.8 Å². The molecule has 0 unspecified atom stereocenters. The average Bonchev–Trinajstić information content (AvgIpc) is 3.91. The number of carbonyl (C=O) groups is 1. The molecule has 8 rings (SSSR count). The lowest BCUT2D eigenvalue weighted by Gasteiger charge is -2.39. The number of fused-ring (bicyclic) bond motifs is 4. The van der Waals surface area contributed by atoms with E-state index in [0.29, 0.717) is 36.2 Å². The first-order chi connectivity index (χ1) is 22.3. The van der Waals surface area contributed by atoms with Crippen LogP contribution in [0.5, 0.6) is 6.01 Å². The number of halogens is 2. The number of carbonyl (C=O) groups excluding carboxylic acids is 1. The summed E-state index contributed by atoms with van der Waals surface area (Å²) in [6.45, 7) is 14.9. The van der Waals surface area contributed by atoms with Gasteiger partial charge in [-0.2, -0.15) is 9.97 Å². The van der Waals surface area contributed by atoms with Gasteiger partial charge in [-0.15, -0.1) is 0 Å². The molecule has 3 aromatic rings. The van der Waals surface area contributed by atoms with Gasteiger partial charge in [-0.1, -0.05) is 24.8 Å². The summed E-state index contributed by atoms with van der Waals surface area (Å²) in [5, 5.41) is 0.429. The first kappa shape index (κ1) is 29.2. The van der Waals surface area contributed by atoms with Crippen molar-refractivity contribution >= 4 is 22.6 Å². The van der Waals surface area contributed by atoms with Crippen LogP contribution in [0.4, 0.5) is 14.6 Å². The molecule has 11 heteroatoms. The van der Waals surface area contributed by atoms with E-state index in [1.165, 1.54) is 35.3 Å². The van der Waals surface area contributed by atoms with E-state index in [0.717, 1.165) is 44.5 Å². The Morgan fingerprint density at radius 1 is 1.17 bits per heavy atom. The molecule has 5 aliphatic rings. The summed E-state index contributed by atoms with van der Waals surface area (Å²) >= 11 is 0. The number of benzene rings is 1. The number of hydrogen-bond acceptors (Lipinski definition) is 7. The molecule has 2 saturated carbocycles. The van der Waals surface area contributed by atoms with E-state index in [2.05, 4.69) is 32.4 Å². The zero-order valence-electron chi connectivity index (χ0n) is 25.9. The predicted octanol–water partition coefficient (Wildman–Crippen LogP) is 5.16. The predicted molar refractivity (Wildman–Crippen MR) is 170 cm³/mol. The van der Waals surface area contributed by atoms with Crippen LogP contribution in [0.1, 0.15) is 49.1 Å². The van der Waals surface area contributed by atoms with Gasteiger partial charge in [-0.05, 0) is 74.6 Å². The van der Waals surface area contributed by atoms with Crippen molar-refractivity contribution in [1.29, 1.82) is 0 Å². The van der Waals surface area contributed by atoms with Crippen LogP contribution >= 0.6 is 0 Å². The van der Waals surface area contributed by atoms with E-state index in [9.17, 15) is 9.18 Å². The molecule has 0 N–H and O–H groups in total. The third-order valence-electron chi connectivity index (χ3n) is 10.7. The molecule has 46 heavy (non-hydrogen) atoms. The minimum Gasteiger partial charge on any atom is -0.463 e. The summed E-state index contributed by atoms with van der Waals surface area (Å²) in [6.07, 6.45) is 8.36. The number of ether oxygens (including phenoxy) is 1. The molecule has 238 valence electrons. The third kappa shape index (κ3) is 5.16. The van der Waals surface area contributed by atoms with Gasteiger partial charge in [0.1, 0.15) is 23.1 Å². The first-order valence-electron chi connectivity index (χ1n) is 16.4. The highest BCUT2D eigenvalue weighted by Crippen LogP contribution is 2.58. The van der Waals surface area contributed by atoms with Crippen molar-refractivity contribution in [2.45, 2.75) is 50.5 Å². The van der Waals surface area contributed by atoms with Crippen molar-refractivity contribution in [3.63, 3.8) is 0 Å². The molecular weight excluding hydrogens is 588 g/mol. The van der Waals surface area contributed by atoms with Gasteiger partial charge < -0.3 is 24.3 Å². The maximum absolute atomic E-state index is 16.7. The molecule has 0 radical (unpaired) electrons. The van der Waals surface area contributed by atoms with Crippen molar-refractivity contribution in [3.8, 4) is 17.3 Å². The Bertz CT molecular complexity index is 1780. The van der Waals surface area contributed by atoms with E-state index in [1.54, 1.807) is 6.20 Å². The number of aromatic nitrogens is 3. The first-order valence-corrected chi connectivity index (χ1v) is 16.4. The molecule has 2 saturated heterocycles. The maximum atomic E-state index is 16.7. The molecular formula is C35H37F2N7O2. The van der Waals surface area contributed by atoms with Crippen molar-refractivity contribution in [2.75, 3.05) is 57.3 Å². The molecule has 0 spiro atoms. The van der Waals surface area contributed by atoms with Gasteiger partial charge in [-0.25, -0.2) is 15.4 Å². The van der Waals surface area contributed by atoms with Crippen LogP contribution in [0.3, 0.4) is 0 Å². The van der Waals surface area contributed by atoms with Crippen molar-refractivity contribution in [3.05, 3.63) is 65.2 Å². The Morgan fingerprint density at radius 3 is 2.76 bits per heavy atom. The number of hydrogen-bond donors (Lipinski definition) is 0. The fourth-order valence-electron chi connectivity index (χ4n) is 7.92. The van der Waals surface area contributed by atoms with Gasteiger partial charge in [-0.3, -0.25) is 9.78 Å². The Labute approximate surface area is 267 Å². The second-order valence-electron chi connectivity index (χ2n) is 13.8. The van der Waals surface area contributed by atoms with Gasteiger partial charge in [0, 0.05) is 43.4 Å². The summed E-state index contributed by atoms with van der Waals surface area (Å²) in [5.41, 5.74) is 3.75. The van der Waals surface area contributed by atoms with Gasteiger partial charge in [0.15, 0.2) is 11.6 Å². The minimum absolute atomic E-state index is 0.0151. The van der Waals surface area contributed by atoms with Crippen LogP contribution in [0.25, 0.3) is 27.0 Å². The fourth-order valence-corrected chi connectivity index (χ4v) is 7.92. The van der Waals surface area contributed by atoms with Crippen molar-refractivity contribution in [2.24, 2.45) is 11.3 Å². The van der Waals surface area contributed by atoms with Crippen LogP contribution < -0.4 is 9.64 Å². The largest absolute Gasteiger partial charge is 0.463 e. The lowest BCUT2D eigenvalue weighted by atomic mass is 9.96. The lowest BCUT2D eigenvalue weighted by Crippen LogP contribution is -2.56. The van der Waals surface area contributed by atoms with Gasteiger partial charge in [0.2, 0.25) is 6.54 Å². The topological polar surface area (TPSA) is 79.1 Å². The Balaban J connectivity index is 1.16. The molecule has 2 aromatic heterocycles. The molecule has 3 aliphatic carbocycles. The molecule has 4 fully saturated rings. The quantitative estimate of drug-likeness (QED) is 0.240. The molecule has 2 aliphatic heterocycles. The molecule has 4 heterocycles. The molecule has 1 aromatic carbocycles. The van der Waals surface area contributed by atoms with Crippen LogP contribution in [-0.4, -0.2) is 89.1 Å². The Morgan fingerprint density at radius 2 is 2.00 bits per heavy atom. The molecule has 0 bridgehead atoms. The summed E-state index contributed by atoms with van der Waals surface area (Å²) < 4.78 is 36.8. The zero-order valence-corrected chi connectivity index (χ0v) is 25.9. The Hall–Kier alpha value is -4.17. The lowest BCUT2D eigenvalue weighted by molar-refractivity contribution is -0.131. The van der Waals surface area contributed by atoms with Crippen molar-refractivity contribution < 1.29 is 18.3 Å². The normalized spacial score (nSPS) is 24.4. The number of likely N-dealkylation sites (tertiary alicyclic amines) is 1. The second kappa shape index (κ2) is 11.3. The molecule has 3 atom stereocenters. The SMILES string of the molecule is [C-]#[N+]C[C@H]1CN(c2nc(OCC3(CN4CCCC4)CC3)nc3c(F)c(-c4cccc5c4C[C@H]4C[C@@H]54)ncc23)CCN1C(=O)C(=C)F. The maximum Gasteiger partial charge on any atom is 0.319 e. The highest BCUT2D eigenvalue weighted by atomic mass is 19.1. The smallest absolute Gasteiger partial charge is 0.319 e. The summed E-state index contributed by atoms with van der Waals surface area (Å²) in [7, 11) is 0. The number of piperazine rings is 1. The summed E-state index contributed by atoms with van der Waals surface area (Å²) in [6, 6.07) is 5.59. The second-order valence-corrected chi connectivity index (χ2v) is 13.8. The van der Waals surface area contributed by atoms with Gasteiger partial charge in [0.25, 0.3) is 5.91 Å². The number of amides is 1. The van der Waals surface area contributed by atoms with Crippen LogP contribution in [-0.2, 0) is 11.2 Å². The van der Waals surface area contributed by atoms with E-state index in [1.807, 2.05) is 17.0 Å². The summed E-state index contributed by atoms with van der Waals surface area (Å²) in [5.74, 6) is -0.735. The fraction of sp³-hybridized carbons (Fsp3) is 0.514. The number of nitrogens with zero attached hydrogens (tertiary/aromatic N) is 7. The van der Waals surface area contributed by atoms with E-state index >= 15 is 4.39 Å². The highest BCUT2D eigenvalue weighted by Gasteiger charge is 2.47. The minimum atomic E-state index is -1.06. The van der Waals surface area contributed by atoms with E-state index < -0.39 is 23.6 Å². The Kier molecular flexibility index (Phi) is 7.16. The zero-order chi connectivity index (χ0) is 31.6. The number of rotatable bonds is 9. The van der Waals surface area contributed by atoms with E-state index in [4.69, 9.17) is 16.3 Å². The molecule has 9 nitrogen and oxygen atoms in total. The monoisotopic (exact) mass is 625 g/mol. The summed E-state index contributed by atoms with van der Waals surface area (Å²) in [4.78, 5) is 35.9. The third-order valence-corrected chi connectivity index (χ3v) is 10.7. The average molecular weight is 626 g/mol. The van der Waals surface area contributed by atoms with Crippen LogP contribution in [0, 0.1) is 23.7 Å². The number of anilines is 1. The van der Waals surface area contributed by atoms with Gasteiger partial charge in [0.05, 0.1) is 12.0 Å². The highest BCUT2D eigenvalue weighted by molar-refractivity contribution is 5.93. The van der Waals surface area contributed by atoms with Crippen molar-refractivity contribution in [1.82, 2.24) is 24.8 Å². The number of pyridine rings is 1. The van der Waals surface area contributed by atoms with Gasteiger partial charge >= 0.3 is 6.01 Å².